The lowest BCUT2D eigenvalue weighted by Gasteiger charge is -2.07. The van der Waals surface area contributed by atoms with E-state index in [-0.39, 0.29) is 22.4 Å². The van der Waals surface area contributed by atoms with E-state index >= 15 is 0 Å². The second-order valence-corrected chi connectivity index (χ2v) is 3.64. The molecule has 0 atom stereocenters. The largest absolute Gasteiger partial charge is 0.478 e. The molecule has 0 bridgehead atoms. The standard InChI is InChI=1S/C12H11NO5/c1-6(2)10(14)13-9-4-7(11(15)16)3-8(5-9)12(17)18/h3-5H,1H2,2H3,(H,13,14)(H,15,16)(H,17,18). The van der Waals surface area contributed by atoms with Crippen molar-refractivity contribution in [2.45, 2.75) is 6.92 Å². The van der Waals surface area contributed by atoms with E-state index in [1.54, 1.807) is 0 Å². The molecule has 0 saturated heterocycles. The Balaban J connectivity index is 3.19. The molecule has 0 spiro atoms. The van der Waals surface area contributed by atoms with Gasteiger partial charge in [0.1, 0.15) is 0 Å². The summed E-state index contributed by atoms with van der Waals surface area (Å²) in [7, 11) is 0. The molecule has 94 valence electrons. The van der Waals surface area contributed by atoms with E-state index in [1.165, 1.54) is 19.1 Å². The van der Waals surface area contributed by atoms with Crippen LogP contribution in [0.4, 0.5) is 5.69 Å². The van der Waals surface area contributed by atoms with E-state index in [0.717, 1.165) is 6.07 Å². The lowest BCUT2D eigenvalue weighted by Crippen LogP contribution is -2.13. The minimum atomic E-state index is -1.27. The molecule has 1 rings (SSSR count). The number of carboxylic acid groups (broad SMARTS) is 2. The maximum atomic E-state index is 11.4. The first-order chi connectivity index (χ1) is 8.31. The van der Waals surface area contributed by atoms with Crippen molar-refractivity contribution in [3.63, 3.8) is 0 Å². The quantitative estimate of drug-likeness (QED) is 0.703. The molecule has 0 aliphatic heterocycles. The van der Waals surface area contributed by atoms with Gasteiger partial charge in [-0.2, -0.15) is 0 Å². The summed E-state index contributed by atoms with van der Waals surface area (Å²) in [5, 5.41) is 20.0. The lowest BCUT2D eigenvalue weighted by molar-refractivity contribution is -0.112. The average Bonchev–Trinajstić information content (AvgIpc) is 2.28. The summed E-state index contributed by atoms with van der Waals surface area (Å²) in [6, 6.07) is 3.37. The topological polar surface area (TPSA) is 104 Å². The number of nitrogens with one attached hydrogen (secondary N) is 1. The van der Waals surface area contributed by atoms with Gasteiger partial charge in [0, 0.05) is 11.3 Å². The fraction of sp³-hybridized carbons (Fsp3) is 0.0833. The molecule has 6 nitrogen and oxygen atoms in total. The zero-order chi connectivity index (χ0) is 13.9. The van der Waals surface area contributed by atoms with Gasteiger partial charge < -0.3 is 15.5 Å². The van der Waals surface area contributed by atoms with Crippen LogP contribution in [-0.4, -0.2) is 28.1 Å². The van der Waals surface area contributed by atoms with Crippen molar-refractivity contribution in [1.29, 1.82) is 0 Å². The van der Waals surface area contributed by atoms with Crippen molar-refractivity contribution in [3.8, 4) is 0 Å². The van der Waals surface area contributed by atoms with Crippen LogP contribution in [0.5, 0.6) is 0 Å². The van der Waals surface area contributed by atoms with E-state index in [0.29, 0.717) is 0 Å². The molecule has 0 aliphatic rings. The first-order valence-electron chi connectivity index (χ1n) is 4.90. The molecule has 0 aliphatic carbocycles. The minimum Gasteiger partial charge on any atom is -0.478 e. The van der Waals surface area contributed by atoms with Gasteiger partial charge in [-0.3, -0.25) is 4.79 Å². The molecule has 18 heavy (non-hydrogen) atoms. The van der Waals surface area contributed by atoms with Gasteiger partial charge in [-0.1, -0.05) is 6.58 Å². The van der Waals surface area contributed by atoms with Gasteiger partial charge in [-0.05, 0) is 25.1 Å². The van der Waals surface area contributed by atoms with Gasteiger partial charge in [0.25, 0.3) is 5.91 Å². The fourth-order valence-corrected chi connectivity index (χ4v) is 1.18. The van der Waals surface area contributed by atoms with E-state index in [1.807, 2.05) is 0 Å². The first-order valence-corrected chi connectivity index (χ1v) is 4.90. The summed E-state index contributed by atoms with van der Waals surface area (Å²) in [6.07, 6.45) is 0. The second kappa shape index (κ2) is 5.13. The number of carbonyl (C=O) groups excluding carboxylic acids is 1. The van der Waals surface area contributed by atoms with Crippen molar-refractivity contribution >= 4 is 23.5 Å². The Morgan fingerprint density at radius 3 is 1.83 bits per heavy atom. The van der Waals surface area contributed by atoms with Crippen molar-refractivity contribution in [1.82, 2.24) is 0 Å². The summed E-state index contributed by atoms with van der Waals surface area (Å²) < 4.78 is 0. The van der Waals surface area contributed by atoms with Gasteiger partial charge >= 0.3 is 11.9 Å². The van der Waals surface area contributed by atoms with E-state index in [9.17, 15) is 14.4 Å². The summed E-state index contributed by atoms with van der Waals surface area (Å²) >= 11 is 0. The summed E-state index contributed by atoms with van der Waals surface area (Å²) in [5.74, 6) is -3.05. The van der Waals surface area contributed by atoms with Crippen LogP contribution in [0.15, 0.2) is 30.4 Å². The molecular weight excluding hydrogens is 238 g/mol. The third-order valence-electron chi connectivity index (χ3n) is 2.07. The van der Waals surface area contributed by atoms with Crippen molar-refractivity contribution in [2.24, 2.45) is 0 Å². The van der Waals surface area contributed by atoms with Crippen LogP contribution < -0.4 is 5.32 Å². The zero-order valence-electron chi connectivity index (χ0n) is 9.56. The third-order valence-corrected chi connectivity index (χ3v) is 2.07. The highest BCUT2D eigenvalue weighted by Crippen LogP contribution is 2.16. The molecule has 0 unspecified atom stereocenters. The Labute approximate surface area is 103 Å². The van der Waals surface area contributed by atoms with Crippen LogP contribution in [0.3, 0.4) is 0 Å². The number of anilines is 1. The van der Waals surface area contributed by atoms with Crippen molar-refractivity contribution in [3.05, 3.63) is 41.5 Å². The smallest absolute Gasteiger partial charge is 0.335 e. The fourth-order valence-electron chi connectivity index (χ4n) is 1.18. The highest BCUT2D eigenvalue weighted by atomic mass is 16.4. The van der Waals surface area contributed by atoms with Crippen LogP contribution in [0.25, 0.3) is 0 Å². The van der Waals surface area contributed by atoms with Crippen LogP contribution in [0.2, 0.25) is 0 Å². The number of hydrogen-bond acceptors (Lipinski definition) is 3. The highest BCUT2D eigenvalue weighted by molar-refractivity contribution is 6.04. The minimum absolute atomic E-state index is 0.0975. The number of rotatable bonds is 4. The van der Waals surface area contributed by atoms with Gasteiger partial charge in [-0.15, -0.1) is 0 Å². The van der Waals surface area contributed by atoms with E-state index in [4.69, 9.17) is 10.2 Å². The molecular formula is C12H11NO5. The monoisotopic (exact) mass is 249 g/mol. The normalized spacial score (nSPS) is 9.61. The van der Waals surface area contributed by atoms with E-state index < -0.39 is 17.8 Å². The highest BCUT2D eigenvalue weighted by Gasteiger charge is 2.12. The lowest BCUT2D eigenvalue weighted by atomic mass is 10.1. The second-order valence-electron chi connectivity index (χ2n) is 3.64. The Bertz CT molecular complexity index is 515. The molecule has 6 heteroatoms. The van der Waals surface area contributed by atoms with Gasteiger partial charge in [0.05, 0.1) is 11.1 Å². The molecule has 1 amide bonds. The average molecular weight is 249 g/mol. The maximum Gasteiger partial charge on any atom is 0.335 e. The van der Waals surface area contributed by atoms with Gasteiger partial charge in [-0.25, -0.2) is 9.59 Å². The Morgan fingerprint density at radius 2 is 1.50 bits per heavy atom. The van der Waals surface area contributed by atoms with Crippen LogP contribution in [0.1, 0.15) is 27.6 Å². The van der Waals surface area contributed by atoms with Crippen LogP contribution in [0, 0.1) is 0 Å². The molecule has 1 aromatic rings. The Morgan fingerprint density at radius 1 is 1.06 bits per heavy atom. The SMILES string of the molecule is C=C(C)C(=O)Nc1cc(C(=O)O)cc(C(=O)O)c1. The first kappa shape index (κ1) is 13.4. The van der Waals surface area contributed by atoms with Crippen molar-refractivity contribution in [2.75, 3.05) is 5.32 Å². The predicted molar refractivity (Wildman–Crippen MR) is 63.8 cm³/mol. The van der Waals surface area contributed by atoms with Gasteiger partial charge in [0.15, 0.2) is 0 Å². The molecule has 0 fully saturated rings. The number of hydrogen-bond donors (Lipinski definition) is 3. The molecule has 0 radical (unpaired) electrons. The zero-order valence-corrected chi connectivity index (χ0v) is 9.56. The van der Waals surface area contributed by atoms with E-state index in [2.05, 4.69) is 11.9 Å². The summed E-state index contributed by atoms with van der Waals surface area (Å²) in [5.41, 5.74) is -0.105. The Kier molecular flexibility index (Phi) is 3.83. The molecule has 0 saturated carbocycles. The maximum absolute atomic E-state index is 11.4. The van der Waals surface area contributed by atoms with Crippen molar-refractivity contribution < 1.29 is 24.6 Å². The number of amides is 1. The number of benzene rings is 1. The molecule has 1 aromatic carbocycles. The summed E-state index contributed by atoms with van der Waals surface area (Å²) in [4.78, 5) is 33.0. The number of carboxylic acids is 2. The third kappa shape index (κ3) is 3.18. The molecule has 0 aromatic heterocycles. The molecule has 0 heterocycles. The van der Waals surface area contributed by atoms with Crippen LogP contribution >= 0.6 is 0 Å². The summed E-state index contributed by atoms with van der Waals surface area (Å²) in [6.45, 7) is 4.90. The molecule has 3 N–H and O–H groups in total. The number of carbonyl (C=O) groups is 3. The predicted octanol–water partition coefficient (Wildman–Crippen LogP) is 1.60. The number of aromatic carboxylic acids is 2. The Hall–Kier alpha value is -2.63. The van der Waals surface area contributed by atoms with Gasteiger partial charge in [0.2, 0.25) is 0 Å². The van der Waals surface area contributed by atoms with Crippen LogP contribution in [-0.2, 0) is 4.79 Å².